The van der Waals surface area contributed by atoms with Crippen LogP contribution in [0.2, 0.25) is 0 Å². The van der Waals surface area contributed by atoms with Crippen LogP contribution in [0.5, 0.6) is 0 Å². The van der Waals surface area contributed by atoms with Crippen molar-refractivity contribution in [1.82, 2.24) is 8.75 Å². The Labute approximate surface area is 127 Å². The molecule has 108 valence electrons. The first kappa shape index (κ1) is 14.0. The monoisotopic (exact) mass is 319 g/mol. The maximum absolute atomic E-state index is 12.6. The molecular weight excluding hydrogens is 306 g/mol. The Kier molecular flexibility index (Phi) is 3.38. The smallest absolute Gasteiger partial charge is 0.264 e. The predicted octanol–water partition coefficient (Wildman–Crippen LogP) is 3.11. The lowest BCUT2D eigenvalue weighted by atomic mass is 10.2. The van der Waals surface area contributed by atoms with Gasteiger partial charge in [0.1, 0.15) is 15.9 Å². The first-order chi connectivity index (χ1) is 9.97. The van der Waals surface area contributed by atoms with Crippen molar-refractivity contribution in [1.29, 1.82) is 0 Å². The zero-order valence-corrected chi connectivity index (χ0v) is 13.1. The van der Waals surface area contributed by atoms with E-state index in [-0.39, 0.29) is 4.90 Å². The highest BCUT2D eigenvalue weighted by Gasteiger charge is 2.22. The molecule has 0 fully saturated rings. The van der Waals surface area contributed by atoms with Gasteiger partial charge in [0.2, 0.25) is 0 Å². The van der Waals surface area contributed by atoms with Crippen molar-refractivity contribution in [3.8, 4) is 0 Å². The van der Waals surface area contributed by atoms with E-state index in [9.17, 15) is 8.42 Å². The van der Waals surface area contributed by atoms with Crippen molar-refractivity contribution in [2.24, 2.45) is 0 Å². The van der Waals surface area contributed by atoms with Crippen LogP contribution in [0.4, 0.5) is 5.69 Å². The number of anilines is 1. The van der Waals surface area contributed by atoms with Crippen LogP contribution in [0.3, 0.4) is 0 Å². The lowest BCUT2D eigenvalue weighted by molar-refractivity contribution is 0.601. The van der Waals surface area contributed by atoms with Crippen LogP contribution in [-0.2, 0) is 10.0 Å². The minimum atomic E-state index is -3.70. The molecule has 0 aliphatic rings. The summed E-state index contributed by atoms with van der Waals surface area (Å²) < 4.78 is 36.1. The summed E-state index contributed by atoms with van der Waals surface area (Å²) in [5.41, 5.74) is 3.25. The maximum Gasteiger partial charge on any atom is 0.264 e. The number of rotatable bonds is 3. The highest BCUT2D eigenvalue weighted by atomic mass is 32.2. The fraction of sp³-hybridized carbons (Fsp3) is 0.143. The minimum Gasteiger partial charge on any atom is -0.280 e. The van der Waals surface area contributed by atoms with Crippen LogP contribution in [-0.4, -0.2) is 17.2 Å². The molecule has 0 saturated heterocycles. The number of nitrogens with zero attached hydrogens (tertiary/aromatic N) is 2. The normalized spacial score (nSPS) is 11.7. The number of aryl methyl sites for hydroxylation is 2. The zero-order chi connectivity index (χ0) is 15.0. The number of benzene rings is 2. The van der Waals surface area contributed by atoms with E-state index in [0.29, 0.717) is 22.3 Å². The topological polar surface area (TPSA) is 72.0 Å². The number of nitrogens with one attached hydrogen (secondary N) is 1. The number of aromatic nitrogens is 2. The van der Waals surface area contributed by atoms with Crippen molar-refractivity contribution in [3.05, 3.63) is 47.5 Å². The van der Waals surface area contributed by atoms with Gasteiger partial charge >= 0.3 is 0 Å². The van der Waals surface area contributed by atoms with E-state index in [4.69, 9.17) is 0 Å². The Morgan fingerprint density at radius 3 is 2.43 bits per heavy atom. The van der Waals surface area contributed by atoms with Gasteiger partial charge in [-0.25, -0.2) is 8.42 Å². The number of hydrogen-bond acceptors (Lipinski definition) is 5. The third kappa shape index (κ3) is 2.62. The Hall–Kier alpha value is -1.99. The van der Waals surface area contributed by atoms with Crippen molar-refractivity contribution in [2.75, 3.05) is 4.72 Å². The van der Waals surface area contributed by atoms with Gasteiger partial charge in [-0.15, -0.1) is 0 Å². The van der Waals surface area contributed by atoms with E-state index in [2.05, 4.69) is 13.5 Å². The van der Waals surface area contributed by atoms with Crippen LogP contribution in [0.1, 0.15) is 11.1 Å². The van der Waals surface area contributed by atoms with E-state index in [1.54, 1.807) is 31.2 Å². The van der Waals surface area contributed by atoms with Crippen LogP contribution in [0, 0.1) is 13.8 Å². The summed E-state index contributed by atoms with van der Waals surface area (Å²) in [5, 5.41) is 0. The van der Waals surface area contributed by atoms with Crippen LogP contribution >= 0.6 is 11.7 Å². The van der Waals surface area contributed by atoms with Gasteiger partial charge < -0.3 is 0 Å². The number of sulfonamides is 1. The third-order valence-electron chi connectivity index (χ3n) is 3.15. The third-order valence-corrected chi connectivity index (χ3v) is 5.25. The molecule has 3 aromatic rings. The largest absolute Gasteiger partial charge is 0.280 e. The predicted molar refractivity (Wildman–Crippen MR) is 84.1 cm³/mol. The zero-order valence-electron chi connectivity index (χ0n) is 11.5. The SMILES string of the molecule is Cc1ccc(NS(=O)(=O)c2c(C)ccc3nsnc23)cc1. The van der Waals surface area contributed by atoms with Gasteiger partial charge in [0.15, 0.2) is 0 Å². The molecule has 0 atom stereocenters. The molecule has 0 unspecified atom stereocenters. The number of hydrogen-bond donors (Lipinski definition) is 1. The van der Waals surface area contributed by atoms with Gasteiger partial charge in [0.25, 0.3) is 10.0 Å². The molecule has 0 saturated carbocycles. The second-order valence-electron chi connectivity index (χ2n) is 4.82. The summed E-state index contributed by atoms with van der Waals surface area (Å²) in [5.74, 6) is 0. The molecule has 0 spiro atoms. The molecule has 0 amide bonds. The van der Waals surface area contributed by atoms with Gasteiger partial charge in [0, 0.05) is 5.69 Å². The van der Waals surface area contributed by atoms with E-state index in [0.717, 1.165) is 17.3 Å². The summed E-state index contributed by atoms with van der Waals surface area (Å²) in [7, 11) is -3.70. The summed E-state index contributed by atoms with van der Waals surface area (Å²) in [6.07, 6.45) is 0. The Morgan fingerprint density at radius 1 is 1.00 bits per heavy atom. The molecule has 0 aliphatic heterocycles. The molecule has 2 aromatic carbocycles. The maximum atomic E-state index is 12.6. The summed E-state index contributed by atoms with van der Waals surface area (Å²) in [4.78, 5) is 0.189. The molecule has 1 heterocycles. The lowest BCUT2D eigenvalue weighted by Crippen LogP contribution is -2.14. The van der Waals surface area contributed by atoms with Gasteiger partial charge in [0.05, 0.1) is 11.7 Å². The van der Waals surface area contributed by atoms with Crippen LogP contribution < -0.4 is 4.72 Å². The lowest BCUT2D eigenvalue weighted by Gasteiger charge is -2.10. The minimum absolute atomic E-state index is 0.189. The van der Waals surface area contributed by atoms with Crippen LogP contribution in [0.25, 0.3) is 11.0 Å². The molecule has 0 aliphatic carbocycles. The van der Waals surface area contributed by atoms with Crippen molar-refractivity contribution in [2.45, 2.75) is 18.7 Å². The van der Waals surface area contributed by atoms with Gasteiger partial charge in [-0.1, -0.05) is 23.8 Å². The highest BCUT2D eigenvalue weighted by Crippen LogP contribution is 2.27. The Bertz CT molecular complexity index is 900. The Balaban J connectivity index is 2.10. The van der Waals surface area contributed by atoms with Gasteiger partial charge in [-0.2, -0.15) is 8.75 Å². The van der Waals surface area contributed by atoms with E-state index < -0.39 is 10.0 Å². The first-order valence-corrected chi connectivity index (χ1v) is 8.50. The molecule has 0 bridgehead atoms. The van der Waals surface area contributed by atoms with E-state index >= 15 is 0 Å². The second kappa shape index (κ2) is 5.09. The van der Waals surface area contributed by atoms with Gasteiger partial charge in [-0.05, 0) is 37.6 Å². The summed E-state index contributed by atoms with van der Waals surface area (Å²) in [6.45, 7) is 3.70. The first-order valence-electron chi connectivity index (χ1n) is 6.29. The summed E-state index contributed by atoms with van der Waals surface area (Å²) in [6, 6.07) is 10.7. The Morgan fingerprint density at radius 2 is 1.71 bits per heavy atom. The fourth-order valence-corrected chi connectivity index (χ4v) is 4.14. The fourth-order valence-electron chi connectivity index (χ4n) is 2.10. The molecule has 21 heavy (non-hydrogen) atoms. The molecule has 3 rings (SSSR count). The van der Waals surface area contributed by atoms with Gasteiger partial charge in [-0.3, -0.25) is 4.72 Å². The molecule has 1 N–H and O–H groups in total. The van der Waals surface area contributed by atoms with Crippen molar-refractivity contribution < 1.29 is 8.42 Å². The molecule has 7 heteroatoms. The van der Waals surface area contributed by atoms with Crippen molar-refractivity contribution in [3.63, 3.8) is 0 Å². The average Bonchev–Trinajstić information content (AvgIpc) is 2.88. The second-order valence-corrected chi connectivity index (χ2v) is 6.96. The van der Waals surface area contributed by atoms with E-state index in [1.807, 2.05) is 19.1 Å². The van der Waals surface area contributed by atoms with Crippen molar-refractivity contribution >= 4 is 38.5 Å². The molecule has 5 nitrogen and oxygen atoms in total. The number of fused-ring (bicyclic) bond motifs is 1. The molecular formula is C14H13N3O2S2. The highest BCUT2D eigenvalue weighted by molar-refractivity contribution is 7.93. The van der Waals surface area contributed by atoms with E-state index in [1.165, 1.54) is 0 Å². The molecule has 1 aromatic heterocycles. The van der Waals surface area contributed by atoms with Crippen LogP contribution in [0.15, 0.2) is 41.3 Å². The average molecular weight is 319 g/mol. The quantitative estimate of drug-likeness (QED) is 0.805. The standard InChI is InChI=1S/C14H13N3O2S2/c1-9-3-6-11(7-4-9)17-21(18,19)14-10(2)5-8-12-13(14)16-20-15-12/h3-8,17H,1-2H3. The summed E-state index contributed by atoms with van der Waals surface area (Å²) >= 11 is 1.01. The molecule has 0 radical (unpaired) electrons.